The van der Waals surface area contributed by atoms with Crippen molar-refractivity contribution in [1.82, 2.24) is 19.4 Å². The van der Waals surface area contributed by atoms with Crippen LogP contribution in [0.3, 0.4) is 0 Å². The lowest BCUT2D eigenvalue weighted by Crippen LogP contribution is -2.15. The average molecular weight is 641 g/mol. The summed E-state index contributed by atoms with van der Waals surface area (Å²) in [6.07, 6.45) is 0. The van der Waals surface area contributed by atoms with Crippen molar-refractivity contribution in [1.29, 1.82) is 0 Å². The molecule has 0 aliphatic heterocycles. The largest absolute Gasteiger partial charge is 0.423 e. The lowest BCUT2D eigenvalue weighted by atomic mass is 9.81. The van der Waals surface area contributed by atoms with Crippen LogP contribution in [-0.2, 0) is 5.41 Å². The topological polar surface area (TPSA) is 56.2 Å². The van der Waals surface area contributed by atoms with E-state index >= 15 is 0 Å². The predicted octanol–water partition coefficient (Wildman–Crippen LogP) is 10.8. The zero-order chi connectivity index (χ0) is 33.0. The zero-order valence-corrected chi connectivity index (χ0v) is 26.5. The van der Waals surface area contributed by atoms with E-state index < -0.39 is 11.9 Å². The molecule has 9 aromatic rings. The molecule has 0 spiro atoms. The maximum absolute atomic E-state index is 14.6. The van der Waals surface area contributed by atoms with Crippen molar-refractivity contribution in [3.8, 4) is 44.6 Å². The third kappa shape index (κ3) is 3.99. The van der Waals surface area contributed by atoms with Gasteiger partial charge in [0.15, 0.2) is 5.58 Å². The quantitative estimate of drug-likeness (QED) is 0.180. The van der Waals surface area contributed by atoms with Gasteiger partial charge in [-0.15, -0.1) is 0 Å². The number of para-hydroxylation sites is 3. The molecule has 0 unspecified atom stereocenters. The standard InChI is InChI=1S/C42H26F2N4O/c1-42(2)31-21-25(15-17-28(31)29-18-16-26(22-32(29)42)27-19-20-36(43)46-40(27)44)23-11-13-24(14-12-23)37-39-38(30-7-3-4-8-33(30)45-37)47-41-48(39)34-9-5-6-10-35(34)49-41/h3-22H,1-2H3. The fourth-order valence-electron chi connectivity index (χ4n) is 7.60. The number of rotatable bonds is 3. The maximum atomic E-state index is 14.6. The molecule has 5 nitrogen and oxygen atoms in total. The molecule has 4 aromatic heterocycles. The van der Waals surface area contributed by atoms with E-state index in [9.17, 15) is 8.78 Å². The number of benzene rings is 5. The van der Waals surface area contributed by atoms with Crippen LogP contribution in [0.5, 0.6) is 0 Å². The minimum atomic E-state index is -0.830. The van der Waals surface area contributed by atoms with Crippen LogP contribution >= 0.6 is 0 Å². The Hall–Kier alpha value is -6.21. The summed E-state index contributed by atoms with van der Waals surface area (Å²) in [5.74, 6) is -1.10. The lowest BCUT2D eigenvalue weighted by molar-refractivity contribution is 0.515. The summed E-state index contributed by atoms with van der Waals surface area (Å²) in [4.78, 5) is 13.5. The summed E-state index contributed by atoms with van der Waals surface area (Å²) >= 11 is 0. The molecule has 1 aliphatic carbocycles. The van der Waals surface area contributed by atoms with Gasteiger partial charge in [0.05, 0.1) is 16.7 Å². The van der Waals surface area contributed by atoms with Crippen LogP contribution in [0.15, 0.2) is 126 Å². The van der Waals surface area contributed by atoms with Crippen LogP contribution in [0.4, 0.5) is 8.78 Å². The van der Waals surface area contributed by atoms with Crippen molar-refractivity contribution in [3.05, 3.63) is 144 Å². The Balaban J connectivity index is 1.07. The second kappa shape index (κ2) is 9.90. The van der Waals surface area contributed by atoms with E-state index in [1.165, 1.54) is 17.7 Å². The second-order valence-corrected chi connectivity index (χ2v) is 13.2. The highest BCUT2D eigenvalue weighted by atomic mass is 19.1. The number of aromatic nitrogens is 4. The molecule has 0 saturated carbocycles. The SMILES string of the molecule is CC1(C)c2cc(-c3ccc(-c4nc5ccccc5c5nc6oc7ccccc7n6c45)cc3)ccc2-c2ccc(-c3ccc(F)nc3F)cc21. The first-order valence-electron chi connectivity index (χ1n) is 16.2. The van der Waals surface area contributed by atoms with Crippen LogP contribution in [-0.4, -0.2) is 19.4 Å². The Morgan fingerprint density at radius 1 is 0.612 bits per heavy atom. The van der Waals surface area contributed by atoms with E-state index in [0.717, 1.165) is 72.1 Å². The van der Waals surface area contributed by atoms with Crippen molar-refractivity contribution in [2.45, 2.75) is 19.3 Å². The Morgan fingerprint density at radius 3 is 2.06 bits per heavy atom. The Kier molecular flexibility index (Phi) is 5.63. The molecular formula is C42H26F2N4O. The normalized spacial score (nSPS) is 13.5. The van der Waals surface area contributed by atoms with E-state index in [2.05, 4.69) is 71.8 Å². The summed E-state index contributed by atoms with van der Waals surface area (Å²) in [6, 6.07) is 39.7. The number of fused-ring (bicyclic) bond motifs is 10. The van der Waals surface area contributed by atoms with E-state index in [4.69, 9.17) is 14.4 Å². The highest BCUT2D eigenvalue weighted by molar-refractivity contribution is 6.10. The number of pyridine rings is 2. The van der Waals surface area contributed by atoms with Gasteiger partial charge in [0, 0.05) is 21.9 Å². The molecule has 0 bridgehead atoms. The van der Waals surface area contributed by atoms with Crippen molar-refractivity contribution in [2.75, 3.05) is 0 Å². The summed E-state index contributed by atoms with van der Waals surface area (Å²) in [6.45, 7) is 4.38. The van der Waals surface area contributed by atoms with Crippen LogP contribution < -0.4 is 0 Å². The van der Waals surface area contributed by atoms with Gasteiger partial charge >= 0.3 is 5.84 Å². The second-order valence-electron chi connectivity index (χ2n) is 13.2. The smallest absolute Gasteiger partial charge is 0.307 e. The van der Waals surface area contributed by atoms with Crippen LogP contribution in [0.2, 0.25) is 0 Å². The van der Waals surface area contributed by atoms with Gasteiger partial charge in [-0.2, -0.15) is 18.7 Å². The van der Waals surface area contributed by atoms with E-state index in [0.29, 0.717) is 11.4 Å². The van der Waals surface area contributed by atoms with Crippen LogP contribution in [0.25, 0.3) is 83.5 Å². The summed E-state index contributed by atoms with van der Waals surface area (Å²) in [7, 11) is 0. The van der Waals surface area contributed by atoms with E-state index in [1.807, 2.05) is 60.7 Å². The highest BCUT2D eigenvalue weighted by Crippen LogP contribution is 2.51. The first-order chi connectivity index (χ1) is 23.8. The minimum Gasteiger partial charge on any atom is -0.423 e. The molecule has 0 fully saturated rings. The van der Waals surface area contributed by atoms with Crippen molar-refractivity contribution in [2.24, 2.45) is 0 Å². The molecule has 0 saturated heterocycles. The van der Waals surface area contributed by atoms with Crippen molar-refractivity contribution in [3.63, 3.8) is 0 Å². The maximum Gasteiger partial charge on any atom is 0.307 e. The predicted molar refractivity (Wildman–Crippen MR) is 189 cm³/mol. The van der Waals surface area contributed by atoms with Gasteiger partial charge in [0.2, 0.25) is 11.9 Å². The van der Waals surface area contributed by atoms with Gasteiger partial charge < -0.3 is 4.42 Å². The zero-order valence-electron chi connectivity index (χ0n) is 26.5. The van der Waals surface area contributed by atoms with Gasteiger partial charge in [-0.3, -0.25) is 4.40 Å². The molecule has 5 aromatic carbocycles. The van der Waals surface area contributed by atoms with Crippen molar-refractivity contribution < 1.29 is 13.2 Å². The lowest BCUT2D eigenvalue weighted by Gasteiger charge is -2.22. The molecular weight excluding hydrogens is 614 g/mol. The molecule has 0 N–H and O–H groups in total. The summed E-state index contributed by atoms with van der Waals surface area (Å²) in [5, 5.41) is 0.981. The molecule has 0 atom stereocenters. The Morgan fingerprint density at radius 2 is 1.27 bits per heavy atom. The minimum absolute atomic E-state index is 0.285. The Bertz CT molecular complexity index is 2820. The fraction of sp³-hybridized carbons (Fsp3) is 0.0714. The highest BCUT2D eigenvalue weighted by Gasteiger charge is 2.36. The first kappa shape index (κ1) is 27.9. The van der Waals surface area contributed by atoms with E-state index in [1.54, 1.807) is 0 Å². The number of halogens is 2. The summed E-state index contributed by atoms with van der Waals surface area (Å²) < 4.78 is 36.3. The third-order valence-corrected chi connectivity index (χ3v) is 10.1. The van der Waals surface area contributed by atoms with Gasteiger partial charge in [0.1, 0.15) is 11.0 Å². The van der Waals surface area contributed by atoms with Gasteiger partial charge in [-0.05, 0) is 81.4 Å². The number of oxazole rings is 1. The molecule has 10 rings (SSSR count). The molecule has 0 amide bonds. The first-order valence-corrected chi connectivity index (χ1v) is 16.2. The van der Waals surface area contributed by atoms with Crippen LogP contribution in [0, 0.1) is 11.9 Å². The summed E-state index contributed by atoms with van der Waals surface area (Å²) in [5.41, 5.74) is 13.6. The van der Waals surface area contributed by atoms with Gasteiger partial charge in [-0.1, -0.05) is 92.7 Å². The van der Waals surface area contributed by atoms with E-state index in [-0.39, 0.29) is 11.0 Å². The molecule has 0 radical (unpaired) electrons. The Labute approximate surface area is 279 Å². The number of hydrogen-bond acceptors (Lipinski definition) is 4. The fourth-order valence-corrected chi connectivity index (χ4v) is 7.60. The van der Waals surface area contributed by atoms with Gasteiger partial charge in [-0.25, -0.2) is 4.98 Å². The third-order valence-electron chi connectivity index (χ3n) is 10.1. The molecule has 49 heavy (non-hydrogen) atoms. The molecule has 234 valence electrons. The molecule has 7 heteroatoms. The van der Waals surface area contributed by atoms with Gasteiger partial charge in [0.25, 0.3) is 0 Å². The van der Waals surface area contributed by atoms with Crippen molar-refractivity contribution >= 4 is 38.9 Å². The molecule has 4 heterocycles. The monoisotopic (exact) mass is 640 g/mol. The van der Waals surface area contributed by atoms with Crippen LogP contribution in [0.1, 0.15) is 25.0 Å². The average Bonchev–Trinajstić information content (AvgIpc) is 3.74. The number of hydrogen-bond donors (Lipinski definition) is 0. The number of imidazole rings is 1. The molecule has 1 aliphatic rings. The number of nitrogens with zero attached hydrogens (tertiary/aromatic N) is 4.